The molecule has 0 aliphatic heterocycles. The zero-order valence-corrected chi connectivity index (χ0v) is 8.72. The lowest BCUT2D eigenvalue weighted by atomic mass is 10.1. The molecule has 0 aromatic heterocycles. The van der Waals surface area contributed by atoms with Gasteiger partial charge in [-0.25, -0.2) is 0 Å². The Morgan fingerprint density at radius 3 is 2.25 bits per heavy atom. The van der Waals surface area contributed by atoms with Crippen LogP contribution in [0.25, 0.3) is 0 Å². The van der Waals surface area contributed by atoms with Gasteiger partial charge in [0.05, 0.1) is 18.5 Å². The molecular formula is C9H20N2O. The van der Waals surface area contributed by atoms with Crippen LogP contribution in [0.3, 0.4) is 0 Å². The Bertz CT molecular complexity index is 145. The maximum Gasteiger partial charge on any atom is 0.0984 e. The Morgan fingerprint density at radius 1 is 1.42 bits per heavy atom. The zero-order chi connectivity index (χ0) is 9.72. The van der Waals surface area contributed by atoms with E-state index in [1.165, 1.54) is 0 Å². The minimum atomic E-state index is 0.282. The van der Waals surface area contributed by atoms with Gasteiger partial charge in [0.1, 0.15) is 0 Å². The van der Waals surface area contributed by atoms with E-state index in [2.05, 4.69) is 6.92 Å². The summed E-state index contributed by atoms with van der Waals surface area (Å²) >= 11 is 0. The number of methoxy groups -OCH3 is 1. The van der Waals surface area contributed by atoms with Gasteiger partial charge in [0, 0.05) is 20.1 Å². The van der Waals surface area contributed by atoms with Gasteiger partial charge in [0.15, 0.2) is 0 Å². The predicted molar refractivity (Wildman–Crippen MR) is 51.7 cm³/mol. The van der Waals surface area contributed by atoms with Crippen molar-refractivity contribution in [1.82, 2.24) is 4.90 Å². The lowest BCUT2D eigenvalue weighted by molar-refractivity contribution is 0.143. The molecule has 12 heavy (non-hydrogen) atoms. The number of nitrogens with one attached hydrogen (secondary N) is 1. The molecule has 0 aromatic rings. The average Bonchev–Trinajstić information content (AvgIpc) is 2.02. The second-order valence-electron chi connectivity index (χ2n) is 3.46. The van der Waals surface area contributed by atoms with Crippen molar-refractivity contribution in [2.24, 2.45) is 5.92 Å². The third-order valence-corrected chi connectivity index (χ3v) is 2.00. The molecule has 1 atom stereocenters. The van der Waals surface area contributed by atoms with Crippen LogP contribution in [0.1, 0.15) is 20.8 Å². The van der Waals surface area contributed by atoms with Crippen LogP contribution in [0.15, 0.2) is 0 Å². The van der Waals surface area contributed by atoms with E-state index in [4.69, 9.17) is 10.1 Å². The molecule has 0 amide bonds. The van der Waals surface area contributed by atoms with E-state index in [1.54, 1.807) is 7.11 Å². The van der Waals surface area contributed by atoms with Crippen LogP contribution >= 0.6 is 0 Å². The Kier molecular flexibility index (Phi) is 4.90. The monoisotopic (exact) mass is 172 g/mol. The number of ether oxygens (including phenoxy) is 1. The van der Waals surface area contributed by atoms with E-state index in [9.17, 15) is 0 Å². The maximum atomic E-state index is 7.73. The van der Waals surface area contributed by atoms with E-state index in [0.29, 0.717) is 12.4 Å². The van der Waals surface area contributed by atoms with Crippen molar-refractivity contribution in [2.75, 3.05) is 20.8 Å². The highest BCUT2D eigenvalue weighted by Gasteiger charge is 2.14. The van der Waals surface area contributed by atoms with Gasteiger partial charge in [0.25, 0.3) is 0 Å². The number of rotatable bonds is 4. The Labute approximate surface area is 75.2 Å². The first-order valence-corrected chi connectivity index (χ1v) is 4.30. The lowest BCUT2D eigenvalue weighted by Gasteiger charge is -2.28. The topological polar surface area (TPSA) is 36.3 Å². The fourth-order valence-electron chi connectivity index (χ4n) is 0.998. The highest BCUT2D eigenvalue weighted by atomic mass is 16.5. The molecule has 0 saturated carbocycles. The van der Waals surface area contributed by atoms with Crippen LogP contribution in [0.4, 0.5) is 0 Å². The largest absolute Gasteiger partial charge is 0.383 e. The summed E-state index contributed by atoms with van der Waals surface area (Å²) in [5, 5.41) is 7.73. The summed E-state index contributed by atoms with van der Waals surface area (Å²) in [5.74, 6) is 0.953. The van der Waals surface area contributed by atoms with Crippen LogP contribution in [0.5, 0.6) is 0 Å². The van der Waals surface area contributed by atoms with Crippen molar-refractivity contribution >= 4 is 5.84 Å². The van der Waals surface area contributed by atoms with Crippen LogP contribution in [-0.4, -0.2) is 37.5 Å². The summed E-state index contributed by atoms with van der Waals surface area (Å²) in [4.78, 5) is 1.95. The van der Waals surface area contributed by atoms with E-state index >= 15 is 0 Å². The summed E-state index contributed by atoms with van der Waals surface area (Å²) < 4.78 is 5.02. The van der Waals surface area contributed by atoms with Crippen molar-refractivity contribution < 1.29 is 4.74 Å². The summed E-state index contributed by atoms with van der Waals surface area (Å²) in [6.45, 7) is 6.78. The first-order valence-electron chi connectivity index (χ1n) is 4.30. The van der Waals surface area contributed by atoms with E-state index < -0.39 is 0 Å². The van der Waals surface area contributed by atoms with Gasteiger partial charge in [-0.1, -0.05) is 13.8 Å². The molecule has 0 aromatic carbocycles. The van der Waals surface area contributed by atoms with Crippen molar-refractivity contribution in [3.05, 3.63) is 0 Å². The molecule has 0 rings (SSSR count). The van der Waals surface area contributed by atoms with Gasteiger partial charge in [-0.05, 0) is 6.92 Å². The number of likely N-dealkylation sites (N-methyl/N-ethyl adjacent to an activating group) is 1. The Balaban J connectivity index is 4.00. The predicted octanol–water partition coefficient (Wildman–Crippen LogP) is 1.59. The van der Waals surface area contributed by atoms with Crippen LogP contribution in [-0.2, 0) is 4.74 Å². The molecule has 0 saturated heterocycles. The Morgan fingerprint density at radius 2 is 1.92 bits per heavy atom. The quantitative estimate of drug-likeness (QED) is 0.516. The van der Waals surface area contributed by atoms with Crippen molar-refractivity contribution in [1.29, 1.82) is 5.41 Å². The SMILES string of the molecule is COCC(C)N(C)C(=N)C(C)C. The maximum absolute atomic E-state index is 7.73. The molecule has 0 heterocycles. The average molecular weight is 172 g/mol. The normalized spacial score (nSPS) is 13.2. The molecule has 0 bridgehead atoms. The van der Waals surface area contributed by atoms with Crippen molar-refractivity contribution in [3.8, 4) is 0 Å². The molecular weight excluding hydrogens is 152 g/mol. The number of nitrogens with zero attached hydrogens (tertiary/aromatic N) is 1. The summed E-state index contributed by atoms with van der Waals surface area (Å²) in [7, 11) is 3.62. The minimum absolute atomic E-state index is 0.282. The first kappa shape index (κ1) is 11.4. The Hall–Kier alpha value is -0.570. The molecule has 0 spiro atoms. The van der Waals surface area contributed by atoms with Crippen molar-refractivity contribution in [3.63, 3.8) is 0 Å². The second-order valence-corrected chi connectivity index (χ2v) is 3.46. The summed E-state index contributed by atoms with van der Waals surface area (Å²) in [6.07, 6.45) is 0. The highest BCUT2D eigenvalue weighted by molar-refractivity contribution is 5.80. The highest BCUT2D eigenvalue weighted by Crippen LogP contribution is 2.04. The van der Waals surface area contributed by atoms with Gasteiger partial charge in [0.2, 0.25) is 0 Å². The standard InChI is InChI=1S/C9H20N2O/c1-7(2)9(10)11(4)8(3)6-12-5/h7-8,10H,6H2,1-5H3. The van der Waals surface area contributed by atoms with Crippen LogP contribution in [0, 0.1) is 11.3 Å². The smallest absolute Gasteiger partial charge is 0.0984 e. The third-order valence-electron chi connectivity index (χ3n) is 2.00. The van der Waals surface area contributed by atoms with Crippen LogP contribution in [0.2, 0.25) is 0 Å². The molecule has 72 valence electrons. The summed E-state index contributed by atoms with van der Waals surface area (Å²) in [5.41, 5.74) is 0. The van der Waals surface area contributed by atoms with E-state index in [1.807, 2.05) is 25.8 Å². The molecule has 0 aliphatic carbocycles. The molecule has 0 aliphatic rings. The third kappa shape index (κ3) is 3.22. The minimum Gasteiger partial charge on any atom is -0.383 e. The van der Waals surface area contributed by atoms with Gasteiger partial charge in [-0.3, -0.25) is 5.41 Å². The molecule has 0 radical (unpaired) electrons. The molecule has 3 heteroatoms. The zero-order valence-electron chi connectivity index (χ0n) is 8.72. The number of amidine groups is 1. The molecule has 1 N–H and O–H groups in total. The van der Waals surface area contributed by atoms with Crippen molar-refractivity contribution in [2.45, 2.75) is 26.8 Å². The fourth-order valence-corrected chi connectivity index (χ4v) is 0.998. The second kappa shape index (κ2) is 5.14. The molecule has 1 unspecified atom stereocenters. The van der Waals surface area contributed by atoms with Gasteiger partial charge in [-0.2, -0.15) is 0 Å². The van der Waals surface area contributed by atoms with Gasteiger partial charge < -0.3 is 9.64 Å². The van der Waals surface area contributed by atoms with Gasteiger partial charge >= 0.3 is 0 Å². The lowest BCUT2D eigenvalue weighted by Crippen LogP contribution is -2.39. The van der Waals surface area contributed by atoms with Crippen LogP contribution < -0.4 is 0 Å². The number of hydrogen-bond donors (Lipinski definition) is 1. The number of hydrogen-bond acceptors (Lipinski definition) is 2. The first-order chi connectivity index (χ1) is 5.50. The fraction of sp³-hybridized carbons (Fsp3) is 0.889. The molecule has 0 fully saturated rings. The molecule has 3 nitrogen and oxygen atoms in total. The van der Waals surface area contributed by atoms with E-state index in [0.717, 1.165) is 0 Å². The van der Waals surface area contributed by atoms with E-state index in [-0.39, 0.29) is 12.0 Å². The van der Waals surface area contributed by atoms with Gasteiger partial charge in [-0.15, -0.1) is 0 Å². The summed E-state index contributed by atoms with van der Waals surface area (Å²) in [6, 6.07) is 0.282.